The lowest BCUT2D eigenvalue weighted by atomic mass is 9.97. The number of nitrogens with zero attached hydrogens (tertiary/aromatic N) is 4. The van der Waals surface area contributed by atoms with Crippen molar-refractivity contribution in [2.75, 3.05) is 33.2 Å². The van der Waals surface area contributed by atoms with Gasteiger partial charge in [0.25, 0.3) is 5.56 Å². The van der Waals surface area contributed by atoms with E-state index in [0.29, 0.717) is 0 Å². The number of hydrogen-bond donors (Lipinski definition) is 3. The first-order valence-electron chi connectivity index (χ1n) is 11.3. The van der Waals surface area contributed by atoms with Gasteiger partial charge in [0.05, 0.1) is 18.2 Å². The number of tetrazole rings is 1. The molecule has 0 radical (unpaired) electrons. The van der Waals surface area contributed by atoms with Gasteiger partial charge in [-0.3, -0.25) is 4.79 Å². The van der Waals surface area contributed by atoms with Crippen LogP contribution in [-0.2, 0) is 5.54 Å². The van der Waals surface area contributed by atoms with Gasteiger partial charge in [0.15, 0.2) is 6.04 Å². The number of aromatic amines is 1. The molecule has 1 fully saturated rings. The van der Waals surface area contributed by atoms with Crippen LogP contribution in [0.25, 0.3) is 10.9 Å². The number of nitrogens with one attached hydrogen (secondary N) is 3. The van der Waals surface area contributed by atoms with E-state index in [9.17, 15) is 4.79 Å². The second-order valence-electron chi connectivity index (χ2n) is 9.76. The van der Waals surface area contributed by atoms with E-state index in [1.165, 1.54) is 9.80 Å². The molecule has 2 aromatic heterocycles. The van der Waals surface area contributed by atoms with E-state index in [-0.39, 0.29) is 17.1 Å². The molecule has 0 saturated carbocycles. The predicted octanol–water partition coefficient (Wildman–Crippen LogP) is -0.221. The third kappa shape index (κ3) is 4.02. The summed E-state index contributed by atoms with van der Waals surface area (Å²) in [5, 5.41) is 14.0. The number of piperazine rings is 1. The summed E-state index contributed by atoms with van der Waals surface area (Å²) in [7, 11) is 2.23. The number of pyridine rings is 1. The van der Waals surface area contributed by atoms with Crippen molar-refractivity contribution < 1.29 is 9.80 Å². The number of quaternary nitrogens is 2. The Balaban J connectivity index is 1.92. The molecule has 1 atom stereocenters. The number of likely N-dealkylation sites (N-methyl/N-ethyl adjacent to an activating group) is 1. The minimum Gasteiger partial charge on any atom is -0.328 e. The van der Waals surface area contributed by atoms with Gasteiger partial charge in [0.1, 0.15) is 26.2 Å². The molecule has 166 valence electrons. The number of aromatic nitrogens is 5. The molecule has 0 unspecified atom stereocenters. The predicted molar refractivity (Wildman–Crippen MR) is 121 cm³/mol. The van der Waals surface area contributed by atoms with Crippen LogP contribution in [0.5, 0.6) is 0 Å². The highest BCUT2D eigenvalue weighted by Crippen LogP contribution is 2.26. The lowest BCUT2D eigenvalue weighted by Crippen LogP contribution is -3.27. The number of hydrogen-bond acceptors (Lipinski definition) is 4. The second kappa shape index (κ2) is 8.16. The zero-order valence-corrected chi connectivity index (χ0v) is 19.5. The van der Waals surface area contributed by atoms with Gasteiger partial charge >= 0.3 is 0 Å². The molecule has 1 saturated heterocycles. The minimum absolute atomic E-state index is 0.0508. The van der Waals surface area contributed by atoms with Crippen molar-refractivity contribution in [3.63, 3.8) is 0 Å². The summed E-state index contributed by atoms with van der Waals surface area (Å²) in [6.45, 7) is 14.7. The molecule has 1 aliphatic heterocycles. The lowest BCUT2D eigenvalue weighted by Gasteiger charge is -2.34. The van der Waals surface area contributed by atoms with Crippen LogP contribution in [-0.4, -0.2) is 58.4 Å². The molecule has 3 heterocycles. The summed E-state index contributed by atoms with van der Waals surface area (Å²) in [5.41, 5.74) is 3.66. The Morgan fingerprint density at radius 3 is 2.55 bits per heavy atom. The van der Waals surface area contributed by atoms with Gasteiger partial charge in [-0.15, -0.1) is 5.10 Å². The van der Waals surface area contributed by atoms with Gasteiger partial charge in [-0.25, -0.2) is 4.68 Å². The maximum Gasteiger partial charge on any atom is 0.258 e. The van der Waals surface area contributed by atoms with Crippen molar-refractivity contribution in [3.05, 3.63) is 51.1 Å². The fourth-order valence-electron chi connectivity index (χ4n) is 4.69. The van der Waals surface area contributed by atoms with E-state index >= 15 is 0 Å². The zero-order valence-electron chi connectivity index (χ0n) is 19.5. The van der Waals surface area contributed by atoms with Crippen LogP contribution in [0.15, 0.2) is 23.0 Å². The maximum atomic E-state index is 13.4. The standard InChI is InChI=1S/C23H33N7O/c1-7-23(4,5)30-21(25-26-27-30)20(29-10-8-28(6)9-11-29)18-14-17-16(3)12-15(2)13-19(17)24-22(18)31/h12-14,20H,7-11H2,1-6H3,(H,24,31)/p+2/t20-/m0/s1. The molecule has 3 N–H and O–H groups in total. The van der Waals surface area contributed by atoms with Crippen LogP contribution < -0.4 is 15.4 Å². The van der Waals surface area contributed by atoms with Crippen LogP contribution in [0.4, 0.5) is 0 Å². The average Bonchev–Trinajstić information content (AvgIpc) is 3.20. The Kier molecular flexibility index (Phi) is 5.70. The molecule has 1 aromatic carbocycles. The Morgan fingerprint density at radius 1 is 1.16 bits per heavy atom. The highest BCUT2D eigenvalue weighted by Gasteiger charge is 2.39. The van der Waals surface area contributed by atoms with Gasteiger partial charge in [-0.05, 0) is 67.8 Å². The highest BCUT2D eigenvalue weighted by atomic mass is 16.1. The largest absolute Gasteiger partial charge is 0.328 e. The van der Waals surface area contributed by atoms with Gasteiger partial charge in [0, 0.05) is 10.9 Å². The quantitative estimate of drug-likeness (QED) is 0.528. The maximum absolute atomic E-state index is 13.4. The third-order valence-electron chi connectivity index (χ3n) is 7.00. The number of rotatable bonds is 5. The molecule has 31 heavy (non-hydrogen) atoms. The fourth-order valence-corrected chi connectivity index (χ4v) is 4.69. The summed E-state index contributed by atoms with van der Waals surface area (Å²) >= 11 is 0. The minimum atomic E-state index is -0.231. The van der Waals surface area contributed by atoms with Gasteiger partial charge < -0.3 is 14.8 Å². The van der Waals surface area contributed by atoms with Crippen LogP contribution in [0.3, 0.4) is 0 Å². The zero-order chi connectivity index (χ0) is 22.3. The van der Waals surface area contributed by atoms with E-state index in [0.717, 1.165) is 66.0 Å². The van der Waals surface area contributed by atoms with Crippen molar-refractivity contribution in [2.45, 2.75) is 52.6 Å². The summed E-state index contributed by atoms with van der Waals surface area (Å²) in [6.07, 6.45) is 0.895. The van der Waals surface area contributed by atoms with E-state index < -0.39 is 0 Å². The third-order valence-corrected chi connectivity index (χ3v) is 7.00. The SMILES string of the molecule is CCC(C)(C)n1nnnc1[C@H](c1cc2c(C)cc(C)cc2[nH]c1=O)[NH+]1CC[NH+](C)CC1. The van der Waals surface area contributed by atoms with Gasteiger partial charge in [0.2, 0.25) is 5.82 Å². The number of aryl methyl sites for hydroxylation is 2. The Bertz CT molecular complexity index is 1140. The Labute approximate surface area is 183 Å². The summed E-state index contributed by atoms with van der Waals surface area (Å²) in [6, 6.07) is 6.07. The number of benzene rings is 1. The van der Waals surface area contributed by atoms with Crippen LogP contribution >= 0.6 is 0 Å². The Morgan fingerprint density at radius 2 is 1.87 bits per heavy atom. The van der Waals surface area contributed by atoms with E-state index in [1.54, 1.807) is 0 Å². The first-order valence-corrected chi connectivity index (χ1v) is 11.3. The van der Waals surface area contributed by atoms with Crippen molar-refractivity contribution in [2.24, 2.45) is 0 Å². The van der Waals surface area contributed by atoms with Gasteiger partial charge in [-0.2, -0.15) is 0 Å². The van der Waals surface area contributed by atoms with Crippen molar-refractivity contribution in [1.82, 2.24) is 25.2 Å². The van der Waals surface area contributed by atoms with Crippen molar-refractivity contribution in [3.8, 4) is 0 Å². The van der Waals surface area contributed by atoms with Gasteiger partial charge in [-0.1, -0.05) is 13.0 Å². The first-order chi connectivity index (χ1) is 14.7. The lowest BCUT2D eigenvalue weighted by molar-refractivity contribution is -1.02. The fraction of sp³-hybridized carbons (Fsp3) is 0.565. The van der Waals surface area contributed by atoms with Crippen LogP contribution in [0, 0.1) is 13.8 Å². The molecule has 1 aliphatic rings. The number of H-pyrrole nitrogens is 1. The molecule has 0 spiro atoms. The summed E-state index contributed by atoms with van der Waals surface area (Å²) < 4.78 is 1.93. The molecular formula is C23H35N7O+2. The highest BCUT2D eigenvalue weighted by molar-refractivity contribution is 5.83. The molecule has 0 bridgehead atoms. The smallest absolute Gasteiger partial charge is 0.258 e. The molecule has 4 rings (SSSR count). The van der Waals surface area contributed by atoms with Crippen molar-refractivity contribution >= 4 is 10.9 Å². The van der Waals surface area contributed by atoms with Crippen molar-refractivity contribution in [1.29, 1.82) is 0 Å². The molecule has 0 amide bonds. The van der Waals surface area contributed by atoms with E-state index in [2.05, 4.69) is 74.3 Å². The average molecular weight is 426 g/mol. The monoisotopic (exact) mass is 425 g/mol. The van der Waals surface area contributed by atoms with Crippen LogP contribution in [0.1, 0.15) is 55.7 Å². The molecular weight excluding hydrogens is 390 g/mol. The number of fused-ring (bicyclic) bond motifs is 1. The van der Waals surface area contributed by atoms with E-state index in [1.807, 2.05) is 10.7 Å². The normalized spacial score (nSPS) is 20.8. The summed E-state index contributed by atoms with van der Waals surface area (Å²) in [4.78, 5) is 19.4. The summed E-state index contributed by atoms with van der Waals surface area (Å²) in [5.74, 6) is 0.774. The topological polar surface area (TPSA) is 85.3 Å². The van der Waals surface area contributed by atoms with E-state index in [4.69, 9.17) is 0 Å². The van der Waals surface area contributed by atoms with Crippen LogP contribution in [0.2, 0.25) is 0 Å². The first kappa shape index (κ1) is 21.6. The molecule has 8 nitrogen and oxygen atoms in total. The molecule has 8 heteroatoms. The molecule has 0 aliphatic carbocycles. The second-order valence-corrected chi connectivity index (χ2v) is 9.76. The molecule has 3 aromatic rings. The Hall–Kier alpha value is -2.58.